The van der Waals surface area contributed by atoms with Crippen molar-refractivity contribution in [3.05, 3.63) is 58.6 Å². The van der Waals surface area contributed by atoms with Crippen LogP contribution in [0.1, 0.15) is 31.7 Å². The quantitative estimate of drug-likeness (QED) is 0.759. The summed E-state index contributed by atoms with van der Waals surface area (Å²) in [6.45, 7) is 4.95. The molecule has 0 saturated carbocycles. The highest BCUT2D eigenvalue weighted by molar-refractivity contribution is 9.10. The van der Waals surface area contributed by atoms with Crippen LogP contribution in [0.25, 0.3) is 0 Å². The monoisotopic (exact) mass is 360 g/mol. The first-order valence-electron chi connectivity index (χ1n) is 7.44. The average Bonchev–Trinajstić information content (AvgIpc) is 2.47. The van der Waals surface area contributed by atoms with Gasteiger partial charge in [0.1, 0.15) is 0 Å². The lowest BCUT2D eigenvalue weighted by molar-refractivity contribution is -0.115. The van der Waals surface area contributed by atoms with E-state index in [1.165, 1.54) is 5.56 Å². The lowest BCUT2D eigenvalue weighted by Crippen LogP contribution is -2.16. The Morgan fingerprint density at radius 3 is 2.64 bits per heavy atom. The predicted octanol–water partition coefficient (Wildman–Crippen LogP) is 5.01. The maximum Gasteiger partial charge on any atom is 0.226 e. The van der Waals surface area contributed by atoms with Crippen molar-refractivity contribution in [3.8, 4) is 0 Å². The molecule has 0 atom stereocenters. The molecule has 0 heterocycles. The van der Waals surface area contributed by atoms with Gasteiger partial charge in [0.05, 0.1) is 0 Å². The summed E-state index contributed by atoms with van der Waals surface area (Å²) in [7, 11) is 0. The highest BCUT2D eigenvalue weighted by Gasteiger charge is 2.06. The largest absolute Gasteiger partial charge is 0.384 e. The zero-order valence-electron chi connectivity index (χ0n) is 12.9. The first-order valence-corrected chi connectivity index (χ1v) is 8.24. The normalized spacial score (nSPS) is 10.5. The maximum absolute atomic E-state index is 12.0. The van der Waals surface area contributed by atoms with Gasteiger partial charge in [-0.2, -0.15) is 0 Å². The number of anilines is 2. The van der Waals surface area contributed by atoms with Gasteiger partial charge in [-0.05, 0) is 35.7 Å². The first kappa shape index (κ1) is 16.6. The molecule has 0 bridgehead atoms. The van der Waals surface area contributed by atoms with Crippen molar-refractivity contribution >= 4 is 33.2 Å². The Labute approximate surface area is 140 Å². The van der Waals surface area contributed by atoms with E-state index in [2.05, 4.69) is 52.5 Å². The number of hydrogen-bond acceptors (Lipinski definition) is 2. The molecule has 0 aliphatic rings. The molecule has 22 heavy (non-hydrogen) atoms. The van der Waals surface area contributed by atoms with Crippen molar-refractivity contribution in [3.63, 3.8) is 0 Å². The molecular weight excluding hydrogens is 340 g/mol. The Bertz CT molecular complexity index is 640. The number of halogens is 1. The summed E-state index contributed by atoms with van der Waals surface area (Å²) in [5.74, 6) is 0.465. The van der Waals surface area contributed by atoms with E-state index in [0.717, 1.165) is 15.8 Å². The molecule has 2 rings (SSSR count). The van der Waals surface area contributed by atoms with Gasteiger partial charge >= 0.3 is 0 Å². The molecule has 4 heteroatoms. The summed E-state index contributed by atoms with van der Waals surface area (Å²) < 4.78 is 0.953. The van der Waals surface area contributed by atoms with Crippen LogP contribution in [0.5, 0.6) is 0 Å². The molecule has 0 unspecified atom stereocenters. The second kappa shape index (κ2) is 7.99. The second-order valence-electron chi connectivity index (χ2n) is 5.48. The molecule has 0 radical (unpaired) electrons. The highest BCUT2D eigenvalue weighted by atomic mass is 79.9. The van der Waals surface area contributed by atoms with Crippen LogP contribution in [0.2, 0.25) is 0 Å². The summed E-state index contributed by atoms with van der Waals surface area (Å²) in [6, 6.07) is 15.8. The molecule has 0 saturated heterocycles. The van der Waals surface area contributed by atoms with Crippen molar-refractivity contribution in [1.29, 1.82) is 0 Å². The van der Waals surface area contributed by atoms with E-state index in [9.17, 15) is 4.79 Å². The Kier molecular flexibility index (Phi) is 6.01. The molecule has 0 aliphatic carbocycles. The third-order valence-corrected chi connectivity index (χ3v) is 3.85. The van der Waals surface area contributed by atoms with Gasteiger partial charge in [-0.25, -0.2) is 0 Å². The molecule has 0 fully saturated rings. The van der Waals surface area contributed by atoms with Crippen molar-refractivity contribution < 1.29 is 4.79 Å². The molecule has 0 aromatic heterocycles. The molecule has 0 spiro atoms. The van der Waals surface area contributed by atoms with Gasteiger partial charge in [0.15, 0.2) is 0 Å². The predicted molar refractivity (Wildman–Crippen MR) is 96.4 cm³/mol. The van der Waals surface area contributed by atoms with E-state index in [0.29, 0.717) is 18.9 Å². The zero-order valence-corrected chi connectivity index (χ0v) is 14.5. The van der Waals surface area contributed by atoms with E-state index in [-0.39, 0.29) is 5.91 Å². The summed E-state index contributed by atoms with van der Waals surface area (Å²) >= 11 is 3.39. The number of amides is 1. The van der Waals surface area contributed by atoms with E-state index >= 15 is 0 Å². The SMILES string of the molecule is CC(C)c1ccccc1NCCC(=O)Nc1cccc(Br)c1. The van der Waals surface area contributed by atoms with Crippen molar-refractivity contribution in [2.75, 3.05) is 17.2 Å². The lowest BCUT2D eigenvalue weighted by Gasteiger charge is -2.14. The van der Waals surface area contributed by atoms with Gasteiger partial charge in [-0.3, -0.25) is 4.79 Å². The van der Waals surface area contributed by atoms with Gasteiger partial charge in [-0.15, -0.1) is 0 Å². The Balaban J connectivity index is 1.85. The van der Waals surface area contributed by atoms with Crippen LogP contribution < -0.4 is 10.6 Å². The van der Waals surface area contributed by atoms with Gasteiger partial charge in [0, 0.05) is 28.8 Å². The molecule has 2 N–H and O–H groups in total. The van der Waals surface area contributed by atoms with Crippen molar-refractivity contribution in [2.45, 2.75) is 26.2 Å². The maximum atomic E-state index is 12.0. The molecule has 1 amide bonds. The van der Waals surface area contributed by atoms with Gasteiger partial charge in [0.2, 0.25) is 5.91 Å². The first-order chi connectivity index (χ1) is 10.6. The van der Waals surface area contributed by atoms with Crippen molar-refractivity contribution in [1.82, 2.24) is 0 Å². The van der Waals surface area contributed by atoms with E-state index < -0.39 is 0 Å². The number of para-hydroxylation sites is 1. The fraction of sp³-hybridized carbons (Fsp3) is 0.278. The van der Waals surface area contributed by atoms with E-state index in [4.69, 9.17) is 0 Å². The van der Waals surface area contributed by atoms with Gasteiger partial charge in [-0.1, -0.05) is 54.0 Å². The molecule has 3 nitrogen and oxygen atoms in total. The van der Waals surface area contributed by atoms with Crippen LogP contribution >= 0.6 is 15.9 Å². The fourth-order valence-electron chi connectivity index (χ4n) is 2.26. The van der Waals surface area contributed by atoms with E-state index in [1.54, 1.807) is 0 Å². The van der Waals surface area contributed by atoms with Crippen LogP contribution in [0.4, 0.5) is 11.4 Å². The smallest absolute Gasteiger partial charge is 0.226 e. The fourth-order valence-corrected chi connectivity index (χ4v) is 2.66. The Morgan fingerprint density at radius 2 is 1.91 bits per heavy atom. The third-order valence-electron chi connectivity index (χ3n) is 3.36. The lowest BCUT2D eigenvalue weighted by atomic mass is 10.0. The van der Waals surface area contributed by atoms with Gasteiger partial charge < -0.3 is 10.6 Å². The second-order valence-corrected chi connectivity index (χ2v) is 6.39. The minimum absolute atomic E-state index is 0.00706. The van der Waals surface area contributed by atoms with Crippen LogP contribution in [-0.4, -0.2) is 12.5 Å². The minimum atomic E-state index is 0.00706. The van der Waals surface area contributed by atoms with E-state index in [1.807, 2.05) is 36.4 Å². The zero-order chi connectivity index (χ0) is 15.9. The summed E-state index contributed by atoms with van der Waals surface area (Å²) in [6.07, 6.45) is 0.430. The standard InChI is InChI=1S/C18H21BrN2O/c1-13(2)16-8-3-4-9-17(16)20-11-10-18(22)21-15-7-5-6-14(19)12-15/h3-9,12-13,20H,10-11H2,1-2H3,(H,21,22). The number of carbonyl (C=O) groups excluding carboxylic acids is 1. The molecule has 0 aliphatic heterocycles. The van der Waals surface area contributed by atoms with Crippen LogP contribution in [0.15, 0.2) is 53.0 Å². The number of rotatable bonds is 6. The molecular formula is C18H21BrN2O. The van der Waals surface area contributed by atoms with Crippen LogP contribution in [-0.2, 0) is 4.79 Å². The summed E-state index contributed by atoms with van der Waals surface area (Å²) in [4.78, 5) is 12.0. The molecule has 2 aromatic carbocycles. The minimum Gasteiger partial charge on any atom is -0.384 e. The average molecular weight is 361 g/mol. The topological polar surface area (TPSA) is 41.1 Å². The Morgan fingerprint density at radius 1 is 1.14 bits per heavy atom. The number of carbonyl (C=O) groups is 1. The van der Waals surface area contributed by atoms with Crippen molar-refractivity contribution in [2.24, 2.45) is 0 Å². The number of benzene rings is 2. The van der Waals surface area contributed by atoms with Crippen LogP contribution in [0.3, 0.4) is 0 Å². The molecule has 2 aromatic rings. The highest BCUT2D eigenvalue weighted by Crippen LogP contribution is 2.23. The van der Waals surface area contributed by atoms with Crippen LogP contribution in [0, 0.1) is 0 Å². The van der Waals surface area contributed by atoms with Gasteiger partial charge in [0.25, 0.3) is 0 Å². The summed E-state index contributed by atoms with van der Waals surface area (Å²) in [5.41, 5.74) is 3.18. The third kappa shape index (κ3) is 4.88. The number of nitrogens with one attached hydrogen (secondary N) is 2. The number of hydrogen-bond donors (Lipinski definition) is 2. The Hall–Kier alpha value is -1.81. The summed E-state index contributed by atoms with van der Waals surface area (Å²) in [5, 5.41) is 6.25. The molecule has 116 valence electrons.